The van der Waals surface area contributed by atoms with Gasteiger partial charge in [-0.2, -0.15) is 0 Å². The summed E-state index contributed by atoms with van der Waals surface area (Å²) in [6, 6.07) is 5.69. The number of carbonyl (C=O) groups excluding carboxylic acids is 1. The lowest BCUT2D eigenvalue weighted by atomic mass is 9.77. The van der Waals surface area contributed by atoms with Gasteiger partial charge in [0.1, 0.15) is 5.60 Å². The van der Waals surface area contributed by atoms with E-state index < -0.39 is 0 Å². The highest BCUT2D eigenvalue weighted by atomic mass is 16.5. The van der Waals surface area contributed by atoms with Crippen LogP contribution in [0.4, 0.5) is 0 Å². The van der Waals surface area contributed by atoms with Crippen LogP contribution in [0.2, 0.25) is 0 Å². The smallest absolute Gasteiger partial charge is 0.225 e. The van der Waals surface area contributed by atoms with Crippen molar-refractivity contribution < 1.29 is 14.3 Å². The zero-order valence-electron chi connectivity index (χ0n) is 13.4. The number of nitrogens with zero attached hydrogens (tertiary/aromatic N) is 2. The van der Waals surface area contributed by atoms with Crippen LogP contribution in [0.1, 0.15) is 32.1 Å². The van der Waals surface area contributed by atoms with Crippen molar-refractivity contribution in [1.82, 2.24) is 9.88 Å². The summed E-state index contributed by atoms with van der Waals surface area (Å²) in [5.74, 6) is 1.80. The summed E-state index contributed by atoms with van der Waals surface area (Å²) in [6.07, 6.45) is 7.12. The van der Waals surface area contributed by atoms with Crippen LogP contribution >= 0.6 is 0 Å². The zero-order chi connectivity index (χ0) is 15.7. The van der Waals surface area contributed by atoms with Crippen molar-refractivity contribution in [1.29, 1.82) is 0 Å². The Labute approximate surface area is 137 Å². The Morgan fingerprint density at radius 3 is 2.91 bits per heavy atom. The molecule has 1 aromatic rings. The lowest BCUT2D eigenvalue weighted by Gasteiger charge is -2.51. The molecule has 3 aliphatic rings. The minimum atomic E-state index is -0.104. The van der Waals surface area contributed by atoms with Crippen LogP contribution in [-0.4, -0.2) is 47.7 Å². The molecule has 5 heteroatoms. The normalized spacial score (nSPS) is 25.9. The van der Waals surface area contributed by atoms with Gasteiger partial charge in [-0.05, 0) is 37.7 Å². The molecule has 124 valence electrons. The molecule has 23 heavy (non-hydrogen) atoms. The second-order valence-corrected chi connectivity index (χ2v) is 7.03. The van der Waals surface area contributed by atoms with E-state index in [9.17, 15) is 4.79 Å². The number of pyridine rings is 1. The number of rotatable bonds is 5. The maximum atomic E-state index is 12.3. The van der Waals surface area contributed by atoms with Gasteiger partial charge in [0.15, 0.2) is 0 Å². The minimum Gasteiger partial charge on any atom is -0.478 e. The molecule has 1 atom stereocenters. The molecule has 1 saturated carbocycles. The number of likely N-dealkylation sites (tertiary alicyclic amines) is 1. The Balaban J connectivity index is 1.27. The number of amides is 1. The third-order valence-electron chi connectivity index (χ3n) is 5.64. The summed E-state index contributed by atoms with van der Waals surface area (Å²) < 4.78 is 11.8. The number of ether oxygens (including phenoxy) is 2. The topological polar surface area (TPSA) is 51.7 Å². The first-order chi connectivity index (χ1) is 11.3. The van der Waals surface area contributed by atoms with Crippen LogP contribution in [0.15, 0.2) is 24.4 Å². The lowest BCUT2D eigenvalue weighted by molar-refractivity contribution is -0.171. The van der Waals surface area contributed by atoms with E-state index in [1.165, 1.54) is 6.42 Å². The first-order valence-electron chi connectivity index (χ1n) is 8.73. The summed E-state index contributed by atoms with van der Waals surface area (Å²) in [7, 11) is 0. The van der Waals surface area contributed by atoms with Crippen molar-refractivity contribution in [2.45, 2.75) is 37.7 Å². The highest BCUT2D eigenvalue weighted by Crippen LogP contribution is 2.43. The number of hydrogen-bond acceptors (Lipinski definition) is 4. The van der Waals surface area contributed by atoms with Gasteiger partial charge in [-0.25, -0.2) is 4.98 Å². The van der Waals surface area contributed by atoms with Crippen molar-refractivity contribution in [2.75, 3.05) is 26.3 Å². The largest absolute Gasteiger partial charge is 0.478 e. The van der Waals surface area contributed by atoms with Gasteiger partial charge in [0.05, 0.1) is 19.7 Å². The molecule has 0 aromatic carbocycles. The van der Waals surface area contributed by atoms with Gasteiger partial charge in [-0.1, -0.05) is 12.5 Å². The average Bonchev–Trinajstić information content (AvgIpc) is 2.89. The highest BCUT2D eigenvalue weighted by Gasteiger charge is 2.54. The van der Waals surface area contributed by atoms with Crippen LogP contribution in [0, 0.1) is 11.8 Å². The lowest BCUT2D eigenvalue weighted by Crippen LogP contribution is -2.67. The fourth-order valence-corrected chi connectivity index (χ4v) is 3.95. The predicted octanol–water partition coefficient (Wildman–Crippen LogP) is 2.27. The predicted molar refractivity (Wildman–Crippen MR) is 85.1 cm³/mol. The second-order valence-electron chi connectivity index (χ2n) is 7.03. The first kappa shape index (κ1) is 14.9. The molecule has 1 amide bonds. The zero-order valence-corrected chi connectivity index (χ0v) is 13.4. The van der Waals surface area contributed by atoms with Crippen LogP contribution in [0.3, 0.4) is 0 Å². The van der Waals surface area contributed by atoms with Crippen LogP contribution in [0.5, 0.6) is 5.88 Å². The summed E-state index contributed by atoms with van der Waals surface area (Å²) in [5, 5.41) is 0. The van der Waals surface area contributed by atoms with Crippen LogP contribution in [0.25, 0.3) is 0 Å². The second kappa shape index (κ2) is 6.11. The van der Waals surface area contributed by atoms with Gasteiger partial charge in [0.25, 0.3) is 0 Å². The maximum Gasteiger partial charge on any atom is 0.225 e. The standard InChI is InChI=1S/C18H24N2O3/c21-17(14-4-3-5-14)20-12-18(13-20)15(8-11-23-18)7-10-22-16-6-1-2-9-19-16/h1-2,6,9,14-15H,3-5,7-8,10-13H2/t15-/m0/s1. The molecule has 2 aliphatic heterocycles. The molecule has 2 saturated heterocycles. The Kier molecular flexibility index (Phi) is 3.97. The third-order valence-corrected chi connectivity index (χ3v) is 5.64. The van der Waals surface area contributed by atoms with E-state index in [2.05, 4.69) is 4.98 Å². The van der Waals surface area contributed by atoms with Gasteiger partial charge in [0, 0.05) is 24.8 Å². The quantitative estimate of drug-likeness (QED) is 0.836. The summed E-state index contributed by atoms with van der Waals surface area (Å²) in [5.41, 5.74) is -0.104. The number of carbonyl (C=O) groups is 1. The SMILES string of the molecule is O=C(C1CCC1)N1CC2(C1)OCC[C@@H]2CCOc1ccccn1. The molecule has 0 unspecified atom stereocenters. The average molecular weight is 316 g/mol. The van der Waals surface area contributed by atoms with Crippen molar-refractivity contribution in [3.05, 3.63) is 24.4 Å². The molecule has 1 aromatic heterocycles. The van der Waals surface area contributed by atoms with Gasteiger partial charge < -0.3 is 14.4 Å². The first-order valence-corrected chi connectivity index (χ1v) is 8.73. The molecule has 1 aliphatic carbocycles. The monoisotopic (exact) mass is 316 g/mol. The molecular weight excluding hydrogens is 292 g/mol. The summed E-state index contributed by atoms with van der Waals surface area (Å²) in [6.45, 7) is 3.01. The van der Waals surface area contributed by atoms with Gasteiger partial charge in [-0.15, -0.1) is 0 Å². The molecule has 0 radical (unpaired) electrons. The van der Waals surface area contributed by atoms with Crippen molar-refractivity contribution >= 4 is 5.91 Å². The molecule has 4 rings (SSSR count). The van der Waals surface area contributed by atoms with E-state index in [1.807, 2.05) is 23.1 Å². The van der Waals surface area contributed by atoms with Crippen molar-refractivity contribution in [2.24, 2.45) is 11.8 Å². The molecule has 3 fully saturated rings. The minimum absolute atomic E-state index is 0.104. The van der Waals surface area contributed by atoms with E-state index >= 15 is 0 Å². The molecule has 0 N–H and O–H groups in total. The Morgan fingerprint density at radius 1 is 1.35 bits per heavy atom. The molecule has 0 bridgehead atoms. The molecular formula is C18H24N2O3. The number of aromatic nitrogens is 1. The van der Waals surface area contributed by atoms with Crippen molar-refractivity contribution in [3.63, 3.8) is 0 Å². The van der Waals surface area contributed by atoms with E-state index in [0.29, 0.717) is 30.2 Å². The Bertz CT molecular complexity index is 553. The Morgan fingerprint density at radius 2 is 2.22 bits per heavy atom. The maximum absolute atomic E-state index is 12.3. The summed E-state index contributed by atoms with van der Waals surface area (Å²) in [4.78, 5) is 18.5. The highest BCUT2D eigenvalue weighted by molar-refractivity contribution is 5.80. The van der Waals surface area contributed by atoms with E-state index in [-0.39, 0.29) is 5.60 Å². The Hall–Kier alpha value is -1.62. The van der Waals surface area contributed by atoms with Gasteiger partial charge >= 0.3 is 0 Å². The fraction of sp³-hybridized carbons (Fsp3) is 0.667. The van der Waals surface area contributed by atoms with Crippen LogP contribution in [-0.2, 0) is 9.53 Å². The van der Waals surface area contributed by atoms with E-state index in [1.54, 1.807) is 6.20 Å². The molecule has 1 spiro atoms. The molecule has 5 nitrogen and oxygen atoms in total. The third kappa shape index (κ3) is 2.82. The summed E-state index contributed by atoms with van der Waals surface area (Å²) >= 11 is 0. The van der Waals surface area contributed by atoms with E-state index in [4.69, 9.17) is 9.47 Å². The molecule has 3 heterocycles. The number of hydrogen-bond donors (Lipinski definition) is 0. The van der Waals surface area contributed by atoms with Gasteiger partial charge in [0.2, 0.25) is 11.8 Å². The van der Waals surface area contributed by atoms with Crippen LogP contribution < -0.4 is 4.74 Å². The fourth-order valence-electron chi connectivity index (χ4n) is 3.95. The van der Waals surface area contributed by atoms with Gasteiger partial charge in [-0.3, -0.25) is 4.79 Å². The van der Waals surface area contributed by atoms with Crippen molar-refractivity contribution in [3.8, 4) is 5.88 Å². The van der Waals surface area contributed by atoms with E-state index in [0.717, 1.165) is 45.4 Å².